The maximum Gasteiger partial charge on any atom is 0.281 e. The van der Waals surface area contributed by atoms with Gasteiger partial charge in [0.25, 0.3) is 16.0 Å². The summed E-state index contributed by atoms with van der Waals surface area (Å²) in [4.78, 5) is 12.4. The molecule has 0 aliphatic carbocycles. The van der Waals surface area contributed by atoms with Crippen molar-refractivity contribution in [2.75, 3.05) is 5.43 Å². The minimum atomic E-state index is -4.65. The molecule has 0 fully saturated rings. The number of para-hydroxylation sites is 1. The number of hydrazine groups is 1. The molecule has 0 radical (unpaired) electrons. The van der Waals surface area contributed by atoms with Crippen LogP contribution in [0.5, 0.6) is 0 Å². The maximum atomic E-state index is 12.4. The van der Waals surface area contributed by atoms with Crippen LogP contribution in [0.15, 0.2) is 84.9 Å². The molecule has 0 saturated carbocycles. The van der Waals surface area contributed by atoms with E-state index in [1.807, 2.05) is 36.4 Å². The van der Waals surface area contributed by atoms with Crippen molar-refractivity contribution in [1.82, 2.24) is 5.43 Å². The number of benzene rings is 3. The van der Waals surface area contributed by atoms with Gasteiger partial charge in [0.15, 0.2) is 5.25 Å². The highest BCUT2D eigenvalue weighted by atomic mass is 32.2. The summed E-state index contributed by atoms with van der Waals surface area (Å²) in [5.74, 6) is -0.881. The van der Waals surface area contributed by atoms with Crippen molar-refractivity contribution >= 4 is 21.7 Å². The Morgan fingerprint density at radius 2 is 1.30 bits per heavy atom. The molecule has 0 heterocycles. The van der Waals surface area contributed by atoms with E-state index < -0.39 is 21.3 Å². The highest BCUT2D eigenvalue weighted by Crippen LogP contribution is 2.26. The Morgan fingerprint density at radius 3 is 1.85 bits per heavy atom. The van der Waals surface area contributed by atoms with Gasteiger partial charge < -0.3 is 0 Å². The second-order valence-electron chi connectivity index (χ2n) is 5.86. The normalized spacial score (nSPS) is 12.2. The Bertz CT molecular complexity index is 1000. The van der Waals surface area contributed by atoms with Crippen molar-refractivity contribution in [3.05, 3.63) is 90.5 Å². The highest BCUT2D eigenvalue weighted by molar-refractivity contribution is 7.86. The standard InChI is InChI=1S/C20H18N2O4S/c23-20(22-21-18-9-5-2-6-10-18)19(27(24,25)26)17-13-11-16(12-14-17)15-7-3-1-4-8-15/h1-14,19,21H,(H,22,23)(H,24,25,26). The number of nitrogens with one attached hydrogen (secondary N) is 2. The lowest BCUT2D eigenvalue weighted by Gasteiger charge is -2.16. The zero-order valence-electron chi connectivity index (χ0n) is 14.2. The Hall–Kier alpha value is -3.16. The predicted molar refractivity (Wildman–Crippen MR) is 104 cm³/mol. The second kappa shape index (κ2) is 8.03. The number of rotatable bonds is 6. The summed E-state index contributed by atoms with van der Waals surface area (Å²) < 4.78 is 33.2. The van der Waals surface area contributed by atoms with Crippen LogP contribution in [0.3, 0.4) is 0 Å². The van der Waals surface area contributed by atoms with Crippen LogP contribution >= 0.6 is 0 Å². The third-order valence-electron chi connectivity index (χ3n) is 3.96. The number of carbonyl (C=O) groups is 1. The van der Waals surface area contributed by atoms with Gasteiger partial charge in [-0.2, -0.15) is 8.42 Å². The SMILES string of the molecule is O=C(NNc1ccccc1)C(c1ccc(-c2ccccc2)cc1)S(=O)(=O)O. The fourth-order valence-corrected chi connectivity index (χ4v) is 3.49. The maximum absolute atomic E-state index is 12.4. The third-order valence-corrected chi connectivity index (χ3v) is 5.04. The van der Waals surface area contributed by atoms with E-state index in [1.54, 1.807) is 36.4 Å². The summed E-state index contributed by atoms with van der Waals surface area (Å²) in [5.41, 5.74) is 7.54. The van der Waals surface area contributed by atoms with Crippen molar-refractivity contribution in [3.8, 4) is 11.1 Å². The van der Waals surface area contributed by atoms with Gasteiger partial charge in [-0.1, -0.05) is 72.8 Å². The van der Waals surface area contributed by atoms with Crippen LogP contribution in [0.4, 0.5) is 5.69 Å². The fraction of sp³-hybridized carbons (Fsp3) is 0.0500. The van der Waals surface area contributed by atoms with Crippen LogP contribution in [0.2, 0.25) is 0 Å². The first-order chi connectivity index (χ1) is 12.9. The van der Waals surface area contributed by atoms with Gasteiger partial charge in [0, 0.05) is 0 Å². The molecule has 27 heavy (non-hydrogen) atoms. The van der Waals surface area contributed by atoms with Gasteiger partial charge in [0.2, 0.25) is 0 Å². The number of carbonyl (C=O) groups excluding carboxylic acids is 1. The van der Waals surface area contributed by atoms with Gasteiger partial charge >= 0.3 is 0 Å². The molecule has 138 valence electrons. The quantitative estimate of drug-likeness (QED) is 0.448. The lowest BCUT2D eigenvalue weighted by Crippen LogP contribution is -2.37. The largest absolute Gasteiger partial charge is 0.299 e. The molecule has 0 bridgehead atoms. The monoisotopic (exact) mass is 382 g/mol. The van der Waals surface area contributed by atoms with Crippen LogP contribution < -0.4 is 10.9 Å². The molecule has 1 atom stereocenters. The smallest absolute Gasteiger partial charge is 0.281 e. The second-order valence-corrected chi connectivity index (χ2v) is 7.36. The van der Waals surface area contributed by atoms with E-state index in [0.717, 1.165) is 11.1 Å². The van der Waals surface area contributed by atoms with Crippen LogP contribution in [0.1, 0.15) is 10.8 Å². The van der Waals surface area contributed by atoms with Crippen molar-refractivity contribution in [2.24, 2.45) is 0 Å². The topological polar surface area (TPSA) is 95.5 Å². The Kier molecular flexibility index (Phi) is 5.54. The lowest BCUT2D eigenvalue weighted by atomic mass is 10.0. The summed E-state index contributed by atoms with van der Waals surface area (Å²) in [6.45, 7) is 0. The molecule has 3 aromatic carbocycles. The minimum absolute atomic E-state index is 0.171. The van der Waals surface area contributed by atoms with Gasteiger partial charge in [-0.15, -0.1) is 0 Å². The molecule has 7 heteroatoms. The molecule has 0 saturated heterocycles. The minimum Gasteiger partial charge on any atom is -0.299 e. The molecule has 3 rings (SSSR count). The van der Waals surface area contributed by atoms with Gasteiger partial charge in [-0.05, 0) is 28.8 Å². The molecular formula is C20H18N2O4S. The number of anilines is 1. The van der Waals surface area contributed by atoms with E-state index in [4.69, 9.17) is 0 Å². The number of hydrogen-bond donors (Lipinski definition) is 3. The van der Waals surface area contributed by atoms with Gasteiger partial charge in [-0.3, -0.25) is 20.2 Å². The van der Waals surface area contributed by atoms with Crippen molar-refractivity contribution in [1.29, 1.82) is 0 Å². The predicted octanol–water partition coefficient (Wildman–Crippen LogP) is 3.43. The Morgan fingerprint density at radius 1 is 0.778 bits per heavy atom. The first-order valence-electron chi connectivity index (χ1n) is 8.18. The summed E-state index contributed by atoms with van der Waals surface area (Å²) in [6, 6.07) is 24.7. The summed E-state index contributed by atoms with van der Waals surface area (Å²) in [6.07, 6.45) is 0. The summed E-state index contributed by atoms with van der Waals surface area (Å²) in [7, 11) is -4.65. The first kappa shape index (κ1) is 18.6. The molecule has 1 unspecified atom stereocenters. The molecule has 6 nitrogen and oxygen atoms in total. The fourth-order valence-electron chi connectivity index (χ4n) is 2.66. The van der Waals surface area contributed by atoms with E-state index in [2.05, 4.69) is 10.9 Å². The van der Waals surface area contributed by atoms with Crippen LogP contribution in [0.25, 0.3) is 11.1 Å². The average molecular weight is 382 g/mol. The van der Waals surface area contributed by atoms with E-state index in [-0.39, 0.29) is 5.56 Å². The van der Waals surface area contributed by atoms with Gasteiger partial charge in [-0.25, -0.2) is 0 Å². The van der Waals surface area contributed by atoms with Crippen molar-refractivity contribution < 1.29 is 17.8 Å². The van der Waals surface area contributed by atoms with Crippen molar-refractivity contribution in [2.45, 2.75) is 5.25 Å². The highest BCUT2D eigenvalue weighted by Gasteiger charge is 2.33. The summed E-state index contributed by atoms with van der Waals surface area (Å²) >= 11 is 0. The molecular weight excluding hydrogens is 364 g/mol. The zero-order valence-corrected chi connectivity index (χ0v) is 15.1. The van der Waals surface area contributed by atoms with E-state index >= 15 is 0 Å². The Labute approximate surface area is 157 Å². The van der Waals surface area contributed by atoms with Crippen LogP contribution in [0, 0.1) is 0 Å². The molecule has 0 aliphatic heterocycles. The number of amides is 1. The summed E-state index contributed by atoms with van der Waals surface area (Å²) in [5, 5.41) is -1.74. The van der Waals surface area contributed by atoms with E-state index in [0.29, 0.717) is 5.69 Å². The molecule has 0 aromatic heterocycles. The van der Waals surface area contributed by atoms with Crippen LogP contribution in [-0.4, -0.2) is 18.9 Å². The molecule has 3 N–H and O–H groups in total. The third kappa shape index (κ3) is 4.72. The lowest BCUT2D eigenvalue weighted by molar-refractivity contribution is -0.120. The molecule has 3 aromatic rings. The van der Waals surface area contributed by atoms with E-state index in [1.165, 1.54) is 12.1 Å². The molecule has 0 aliphatic rings. The molecule has 0 spiro atoms. The zero-order chi connectivity index (χ0) is 19.3. The average Bonchev–Trinajstić information content (AvgIpc) is 2.67. The molecule has 1 amide bonds. The first-order valence-corrected chi connectivity index (χ1v) is 9.68. The van der Waals surface area contributed by atoms with E-state index in [9.17, 15) is 17.8 Å². The van der Waals surface area contributed by atoms with Crippen molar-refractivity contribution in [3.63, 3.8) is 0 Å². The van der Waals surface area contributed by atoms with Crippen LogP contribution in [-0.2, 0) is 14.9 Å². The van der Waals surface area contributed by atoms with Gasteiger partial charge in [0.05, 0.1) is 5.69 Å². The van der Waals surface area contributed by atoms with Gasteiger partial charge in [0.1, 0.15) is 0 Å². The Balaban J connectivity index is 1.81. The number of hydrogen-bond acceptors (Lipinski definition) is 4.